The van der Waals surface area contributed by atoms with Gasteiger partial charge in [-0.1, -0.05) is 18.2 Å². The Morgan fingerprint density at radius 3 is 2.25 bits per heavy atom. The summed E-state index contributed by atoms with van der Waals surface area (Å²) in [6.45, 7) is 0. The molecular formula is C10H10F2O4. The summed E-state index contributed by atoms with van der Waals surface area (Å²) in [7, 11) is 0. The van der Waals surface area contributed by atoms with Gasteiger partial charge >= 0.3 is 5.97 Å². The molecule has 2 atom stereocenters. The Bertz CT molecular complexity index is 381. The van der Waals surface area contributed by atoms with Crippen molar-refractivity contribution in [2.75, 3.05) is 0 Å². The third-order valence-corrected chi connectivity index (χ3v) is 2.06. The average Bonchev–Trinajstić information content (AvgIpc) is 2.27. The summed E-state index contributed by atoms with van der Waals surface area (Å²) in [5.74, 6) is -1.62. The number of halogens is 2. The molecule has 1 aromatic carbocycles. The van der Waals surface area contributed by atoms with Crippen molar-refractivity contribution < 1.29 is 28.9 Å². The second-order valence-corrected chi connectivity index (χ2v) is 3.20. The Labute approximate surface area is 89.8 Å². The topological polar surface area (TPSA) is 77.8 Å². The summed E-state index contributed by atoms with van der Waals surface area (Å²) in [5, 5.41) is 26.9. The Kier molecular flexibility index (Phi) is 3.92. The third kappa shape index (κ3) is 2.74. The van der Waals surface area contributed by atoms with Crippen molar-refractivity contribution in [1.82, 2.24) is 0 Å². The summed E-state index contributed by atoms with van der Waals surface area (Å²) in [5.41, 5.74) is -0.401. The number of alkyl halides is 2. The highest BCUT2D eigenvalue weighted by atomic mass is 19.3. The highest BCUT2D eigenvalue weighted by molar-refractivity contribution is 5.73. The van der Waals surface area contributed by atoms with Gasteiger partial charge in [-0.15, -0.1) is 0 Å². The molecule has 2 unspecified atom stereocenters. The SMILES string of the molecule is O=C(O)C(O)C(O)c1cccc(C(F)F)c1. The van der Waals surface area contributed by atoms with Gasteiger partial charge in [0.15, 0.2) is 6.10 Å². The number of benzene rings is 1. The fourth-order valence-corrected chi connectivity index (χ4v) is 1.20. The molecule has 0 aromatic heterocycles. The number of rotatable bonds is 4. The summed E-state index contributed by atoms with van der Waals surface area (Å²) < 4.78 is 24.6. The molecule has 16 heavy (non-hydrogen) atoms. The van der Waals surface area contributed by atoms with E-state index >= 15 is 0 Å². The van der Waals surface area contributed by atoms with Crippen LogP contribution < -0.4 is 0 Å². The molecule has 0 aliphatic rings. The Morgan fingerprint density at radius 1 is 1.19 bits per heavy atom. The first-order valence-electron chi connectivity index (χ1n) is 4.40. The minimum atomic E-state index is -2.71. The van der Waals surface area contributed by atoms with Crippen molar-refractivity contribution in [3.63, 3.8) is 0 Å². The van der Waals surface area contributed by atoms with Crippen LogP contribution in [-0.2, 0) is 4.79 Å². The molecule has 0 spiro atoms. The van der Waals surface area contributed by atoms with E-state index in [0.717, 1.165) is 12.1 Å². The van der Waals surface area contributed by atoms with E-state index in [4.69, 9.17) is 10.2 Å². The van der Waals surface area contributed by atoms with E-state index in [1.54, 1.807) is 0 Å². The van der Waals surface area contributed by atoms with Crippen molar-refractivity contribution in [2.45, 2.75) is 18.6 Å². The van der Waals surface area contributed by atoms with Gasteiger partial charge in [0.05, 0.1) is 0 Å². The number of aliphatic carboxylic acids is 1. The largest absolute Gasteiger partial charge is 0.479 e. The van der Waals surface area contributed by atoms with E-state index in [1.807, 2.05) is 0 Å². The summed E-state index contributed by atoms with van der Waals surface area (Å²) >= 11 is 0. The normalized spacial score (nSPS) is 14.8. The molecular weight excluding hydrogens is 222 g/mol. The zero-order chi connectivity index (χ0) is 12.3. The van der Waals surface area contributed by atoms with E-state index in [0.29, 0.717) is 0 Å². The van der Waals surface area contributed by atoms with Crippen molar-refractivity contribution in [3.05, 3.63) is 35.4 Å². The maximum absolute atomic E-state index is 12.3. The van der Waals surface area contributed by atoms with Gasteiger partial charge in [0.25, 0.3) is 6.43 Å². The average molecular weight is 232 g/mol. The van der Waals surface area contributed by atoms with Crippen LogP contribution in [0.2, 0.25) is 0 Å². The van der Waals surface area contributed by atoms with E-state index in [9.17, 15) is 18.7 Å². The standard InChI is InChI=1S/C10H10F2O4/c11-9(12)6-3-1-2-5(4-6)7(13)8(14)10(15)16/h1-4,7-9,13-14H,(H,15,16). The minimum Gasteiger partial charge on any atom is -0.479 e. The lowest BCUT2D eigenvalue weighted by atomic mass is 10.0. The predicted molar refractivity (Wildman–Crippen MR) is 50.0 cm³/mol. The smallest absolute Gasteiger partial charge is 0.335 e. The lowest BCUT2D eigenvalue weighted by molar-refractivity contribution is -0.153. The molecule has 4 nitrogen and oxygen atoms in total. The highest BCUT2D eigenvalue weighted by Gasteiger charge is 2.25. The molecule has 0 aliphatic heterocycles. The zero-order valence-electron chi connectivity index (χ0n) is 8.05. The second-order valence-electron chi connectivity index (χ2n) is 3.20. The number of carboxylic acid groups (broad SMARTS) is 1. The van der Waals surface area contributed by atoms with E-state index in [2.05, 4.69) is 0 Å². The lowest BCUT2D eigenvalue weighted by Gasteiger charge is -2.15. The van der Waals surface area contributed by atoms with Crippen LogP contribution in [0.4, 0.5) is 8.78 Å². The molecule has 0 amide bonds. The number of hydrogen-bond donors (Lipinski definition) is 3. The molecule has 0 heterocycles. The van der Waals surface area contributed by atoms with Crippen molar-refractivity contribution in [1.29, 1.82) is 0 Å². The Morgan fingerprint density at radius 2 is 1.75 bits per heavy atom. The molecule has 1 rings (SSSR count). The quantitative estimate of drug-likeness (QED) is 0.726. The van der Waals surface area contributed by atoms with Gasteiger partial charge in [0.2, 0.25) is 0 Å². The van der Waals surface area contributed by atoms with Gasteiger partial charge < -0.3 is 15.3 Å². The van der Waals surface area contributed by atoms with Crippen LogP contribution >= 0.6 is 0 Å². The Hall–Kier alpha value is -1.53. The first kappa shape index (κ1) is 12.5. The van der Waals surface area contributed by atoms with Gasteiger partial charge in [-0.3, -0.25) is 0 Å². The van der Waals surface area contributed by atoms with Crippen LogP contribution in [0.3, 0.4) is 0 Å². The van der Waals surface area contributed by atoms with Crippen molar-refractivity contribution >= 4 is 5.97 Å². The van der Waals surface area contributed by atoms with Crippen molar-refractivity contribution in [3.8, 4) is 0 Å². The molecule has 0 saturated heterocycles. The van der Waals surface area contributed by atoms with Crippen LogP contribution in [-0.4, -0.2) is 27.4 Å². The van der Waals surface area contributed by atoms with Crippen molar-refractivity contribution in [2.24, 2.45) is 0 Å². The maximum atomic E-state index is 12.3. The van der Waals surface area contributed by atoms with Crippen LogP contribution in [0.1, 0.15) is 23.7 Å². The third-order valence-electron chi connectivity index (χ3n) is 2.06. The highest BCUT2D eigenvalue weighted by Crippen LogP contribution is 2.24. The molecule has 0 fully saturated rings. The lowest BCUT2D eigenvalue weighted by Crippen LogP contribution is -2.27. The Balaban J connectivity index is 2.95. The number of aliphatic hydroxyl groups excluding tert-OH is 2. The van der Waals surface area contributed by atoms with Gasteiger partial charge in [0.1, 0.15) is 6.10 Å². The number of carboxylic acids is 1. The molecule has 0 saturated carbocycles. The molecule has 0 bridgehead atoms. The van der Waals surface area contributed by atoms with Crippen LogP contribution in [0.15, 0.2) is 24.3 Å². The summed E-state index contributed by atoms with van der Waals surface area (Å²) in [4.78, 5) is 10.4. The maximum Gasteiger partial charge on any atom is 0.335 e. The van der Waals surface area contributed by atoms with E-state index in [-0.39, 0.29) is 11.1 Å². The minimum absolute atomic E-state index is 0.0623. The molecule has 88 valence electrons. The zero-order valence-corrected chi connectivity index (χ0v) is 8.05. The number of aliphatic hydroxyl groups is 2. The van der Waals surface area contributed by atoms with Gasteiger partial charge in [-0.05, 0) is 11.6 Å². The molecule has 6 heteroatoms. The fourth-order valence-electron chi connectivity index (χ4n) is 1.20. The van der Waals surface area contributed by atoms with Crippen LogP contribution in [0, 0.1) is 0 Å². The van der Waals surface area contributed by atoms with Crippen LogP contribution in [0.5, 0.6) is 0 Å². The monoisotopic (exact) mass is 232 g/mol. The molecule has 0 radical (unpaired) electrons. The van der Waals surface area contributed by atoms with E-state index < -0.39 is 24.6 Å². The molecule has 0 aliphatic carbocycles. The first-order valence-corrected chi connectivity index (χ1v) is 4.40. The second kappa shape index (κ2) is 5.00. The number of carbonyl (C=O) groups is 1. The van der Waals surface area contributed by atoms with Gasteiger partial charge in [-0.25, -0.2) is 13.6 Å². The molecule has 3 N–H and O–H groups in total. The van der Waals surface area contributed by atoms with Gasteiger partial charge in [0, 0.05) is 5.56 Å². The summed E-state index contributed by atoms with van der Waals surface area (Å²) in [6, 6.07) is 4.63. The summed E-state index contributed by atoms with van der Waals surface area (Å²) in [6.07, 6.45) is -6.47. The van der Waals surface area contributed by atoms with E-state index in [1.165, 1.54) is 12.1 Å². The van der Waals surface area contributed by atoms with Crippen LogP contribution in [0.25, 0.3) is 0 Å². The first-order chi connectivity index (χ1) is 7.43. The molecule has 1 aromatic rings. The fraction of sp³-hybridized carbons (Fsp3) is 0.300. The predicted octanol–water partition coefficient (Wildman–Crippen LogP) is 1.10. The van der Waals surface area contributed by atoms with Gasteiger partial charge in [-0.2, -0.15) is 0 Å². The number of hydrogen-bond acceptors (Lipinski definition) is 3.